The van der Waals surface area contributed by atoms with E-state index in [1.54, 1.807) is 0 Å². The van der Waals surface area contributed by atoms with Gasteiger partial charge in [0.2, 0.25) is 0 Å². The van der Waals surface area contributed by atoms with Crippen molar-refractivity contribution in [1.82, 2.24) is 10.1 Å². The van der Waals surface area contributed by atoms with Crippen LogP contribution in [0.2, 0.25) is 0 Å². The molecule has 0 saturated carbocycles. The first-order valence-corrected chi connectivity index (χ1v) is 7.81. The van der Waals surface area contributed by atoms with E-state index in [-0.39, 0.29) is 35.1 Å². The minimum atomic E-state index is -4.49. The average molecular weight is 391 g/mol. The number of aromatic nitrogens is 2. The summed E-state index contributed by atoms with van der Waals surface area (Å²) in [4.78, 5) is 14.3. The van der Waals surface area contributed by atoms with Gasteiger partial charge in [-0.05, 0) is 24.3 Å². The van der Waals surface area contributed by atoms with E-state index in [4.69, 9.17) is 9.93 Å². The molecule has 0 aliphatic rings. The van der Waals surface area contributed by atoms with Crippen molar-refractivity contribution < 1.29 is 22.6 Å². The monoisotopic (exact) mass is 391 g/mol. The number of benzene rings is 2. The number of hydrogen-bond donors (Lipinski definition) is 2. The summed E-state index contributed by atoms with van der Waals surface area (Å²) in [5, 5.41) is 24.8. The van der Waals surface area contributed by atoms with E-state index in [1.165, 1.54) is 30.3 Å². The van der Waals surface area contributed by atoms with Gasteiger partial charge >= 0.3 is 6.18 Å². The van der Waals surface area contributed by atoms with E-state index in [1.807, 2.05) is 0 Å². The Bertz CT molecular complexity index is 1030. The van der Waals surface area contributed by atoms with Crippen molar-refractivity contribution in [2.75, 3.05) is 5.32 Å². The molecular formula is C17H12F3N5O3. The van der Waals surface area contributed by atoms with Gasteiger partial charge in [0.25, 0.3) is 11.6 Å². The predicted molar refractivity (Wildman–Crippen MR) is 93.0 cm³/mol. The zero-order valence-electron chi connectivity index (χ0n) is 14.0. The van der Waals surface area contributed by atoms with Crippen LogP contribution in [0.4, 0.5) is 24.5 Å². The van der Waals surface area contributed by atoms with Crippen LogP contribution in [-0.2, 0) is 12.7 Å². The van der Waals surface area contributed by atoms with E-state index in [0.717, 1.165) is 18.3 Å². The Hall–Kier alpha value is -3.76. The van der Waals surface area contributed by atoms with Gasteiger partial charge in [-0.3, -0.25) is 10.1 Å². The standard InChI is InChI=1S/C17H12F3N5O3/c18-17(19,20)12-3-1-2-10(6-12)16-23-15(24-28-16)9-22-14-5-4-13(25(26)27)7-11(14)8-21/h1-8,21-22H,9H2. The number of nitrogens with zero attached hydrogens (tertiary/aromatic N) is 3. The molecule has 0 atom stereocenters. The molecule has 0 amide bonds. The van der Waals surface area contributed by atoms with E-state index < -0.39 is 16.7 Å². The van der Waals surface area contributed by atoms with Gasteiger partial charge in [0, 0.05) is 35.2 Å². The van der Waals surface area contributed by atoms with Crippen LogP contribution in [0.1, 0.15) is 17.0 Å². The molecule has 0 unspecified atom stereocenters. The van der Waals surface area contributed by atoms with Crippen LogP contribution >= 0.6 is 0 Å². The van der Waals surface area contributed by atoms with E-state index in [9.17, 15) is 23.3 Å². The molecule has 1 heterocycles. The highest BCUT2D eigenvalue weighted by atomic mass is 19.4. The van der Waals surface area contributed by atoms with Crippen molar-refractivity contribution in [1.29, 1.82) is 5.41 Å². The number of alkyl halides is 3. The molecular weight excluding hydrogens is 379 g/mol. The Kier molecular flexibility index (Phi) is 5.07. The van der Waals surface area contributed by atoms with Gasteiger partial charge in [-0.25, -0.2) is 0 Å². The van der Waals surface area contributed by atoms with Gasteiger partial charge < -0.3 is 15.2 Å². The maximum Gasteiger partial charge on any atom is 0.416 e. The van der Waals surface area contributed by atoms with Gasteiger partial charge in [0.1, 0.15) is 0 Å². The third kappa shape index (κ3) is 4.14. The van der Waals surface area contributed by atoms with Gasteiger partial charge in [-0.15, -0.1) is 0 Å². The Morgan fingerprint density at radius 3 is 2.71 bits per heavy atom. The highest BCUT2D eigenvalue weighted by Gasteiger charge is 2.30. The molecule has 0 spiro atoms. The second kappa shape index (κ2) is 7.47. The van der Waals surface area contributed by atoms with Crippen LogP contribution in [0.5, 0.6) is 0 Å². The molecule has 1 aromatic heterocycles. The molecule has 28 heavy (non-hydrogen) atoms. The lowest BCUT2D eigenvalue weighted by atomic mass is 10.1. The summed E-state index contributed by atoms with van der Waals surface area (Å²) in [7, 11) is 0. The molecule has 0 radical (unpaired) electrons. The number of nitro benzene ring substituents is 1. The van der Waals surface area contributed by atoms with E-state index in [2.05, 4.69) is 15.5 Å². The minimum absolute atomic E-state index is 0.0428. The maximum atomic E-state index is 12.8. The lowest BCUT2D eigenvalue weighted by molar-refractivity contribution is -0.384. The number of anilines is 1. The van der Waals surface area contributed by atoms with Crippen LogP contribution in [0, 0.1) is 15.5 Å². The SMILES string of the molecule is N=Cc1cc([N+](=O)[O-])ccc1NCc1noc(-c2cccc(C(F)(F)F)c2)n1. The third-order valence-electron chi connectivity index (χ3n) is 3.74. The third-order valence-corrected chi connectivity index (χ3v) is 3.74. The molecule has 3 aromatic rings. The van der Waals surface area contributed by atoms with E-state index >= 15 is 0 Å². The summed E-state index contributed by atoms with van der Waals surface area (Å²) in [5.74, 6) is 0.0978. The lowest BCUT2D eigenvalue weighted by Gasteiger charge is -2.07. The topological polar surface area (TPSA) is 118 Å². The highest BCUT2D eigenvalue weighted by Crippen LogP contribution is 2.31. The van der Waals surface area contributed by atoms with Gasteiger partial charge in [0.05, 0.1) is 17.0 Å². The van der Waals surface area contributed by atoms with Crippen LogP contribution < -0.4 is 5.32 Å². The number of rotatable bonds is 6. The summed E-state index contributed by atoms with van der Waals surface area (Å²) in [6.07, 6.45) is -3.53. The molecule has 11 heteroatoms. The summed E-state index contributed by atoms with van der Waals surface area (Å²) >= 11 is 0. The largest absolute Gasteiger partial charge is 0.416 e. The molecule has 0 aliphatic heterocycles. The second-order valence-corrected chi connectivity index (χ2v) is 5.62. The predicted octanol–water partition coefficient (Wildman–Crippen LogP) is 4.27. The van der Waals surface area contributed by atoms with Crippen LogP contribution in [-0.4, -0.2) is 21.3 Å². The molecule has 2 N–H and O–H groups in total. The fraction of sp³-hybridized carbons (Fsp3) is 0.118. The average Bonchev–Trinajstić information content (AvgIpc) is 3.14. The van der Waals surface area contributed by atoms with E-state index in [0.29, 0.717) is 5.69 Å². The molecule has 144 valence electrons. The van der Waals surface area contributed by atoms with Gasteiger partial charge in [-0.1, -0.05) is 11.2 Å². The Morgan fingerprint density at radius 1 is 1.25 bits per heavy atom. The molecule has 3 rings (SSSR count). The maximum absolute atomic E-state index is 12.8. The fourth-order valence-corrected chi connectivity index (χ4v) is 2.39. The number of halogens is 3. The molecule has 0 fully saturated rings. The first-order chi connectivity index (χ1) is 13.3. The lowest BCUT2D eigenvalue weighted by Crippen LogP contribution is -2.05. The van der Waals surface area contributed by atoms with Crippen molar-refractivity contribution in [2.24, 2.45) is 0 Å². The van der Waals surface area contributed by atoms with Crippen molar-refractivity contribution in [2.45, 2.75) is 12.7 Å². The van der Waals surface area contributed by atoms with Crippen LogP contribution in [0.25, 0.3) is 11.5 Å². The van der Waals surface area contributed by atoms with Crippen molar-refractivity contribution in [3.8, 4) is 11.5 Å². The molecule has 0 bridgehead atoms. The molecule has 2 aromatic carbocycles. The number of nitrogens with one attached hydrogen (secondary N) is 2. The summed E-state index contributed by atoms with van der Waals surface area (Å²) < 4.78 is 43.4. The Balaban J connectivity index is 1.76. The fourth-order valence-electron chi connectivity index (χ4n) is 2.39. The van der Waals surface area contributed by atoms with Crippen molar-refractivity contribution in [3.63, 3.8) is 0 Å². The molecule has 0 aliphatic carbocycles. The number of hydrogen-bond acceptors (Lipinski definition) is 7. The quantitative estimate of drug-likeness (QED) is 0.368. The normalized spacial score (nSPS) is 11.2. The van der Waals surface area contributed by atoms with Crippen molar-refractivity contribution in [3.05, 3.63) is 69.5 Å². The van der Waals surface area contributed by atoms with Crippen molar-refractivity contribution >= 4 is 17.6 Å². The molecule has 8 nitrogen and oxygen atoms in total. The number of non-ortho nitro benzene ring substituents is 1. The summed E-state index contributed by atoms with van der Waals surface area (Å²) in [5.41, 5.74) is -0.134. The Labute approximate surface area is 155 Å². The smallest absolute Gasteiger partial charge is 0.377 e. The summed E-state index contributed by atoms with van der Waals surface area (Å²) in [6.45, 7) is 0.0428. The second-order valence-electron chi connectivity index (χ2n) is 5.62. The van der Waals surface area contributed by atoms with Crippen LogP contribution in [0.15, 0.2) is 47.0 Å². The Morgan fingerprint density at radius 2 is 2.04 bits per heavy atom. The van der Waals surface area contributed by atoms with Gasteiger partial charge in [-0.2, -0.15) is 18.2 Å². The summed E-state index contributed by atoms with van der Waals surface area (Å²) in [6, 6.07) is 8.46. The zero-order chi connectivity index (χ0) is 20.3. The minimum Gasteiger partial charge on any atom is -0.377 e. The van der Waals surface area contributed by atoms with Gasteiger partial charge in [0.15, 0.2) is 5.82 Å². The highest BCUT2D eigenvalue weighted by molar-refractivity contribution is 5.86. The first kappa shape index (κ1) is 19.0. The molecule has 0 saturated heterocycles. The number of nitro groups is 1. The van der Waals surface area contributed by atoms with Crippen LogP contribution in [0.3, 0.4) is 0 Å². The first-order valence-electron chi connectivity index (χ1n) is 7.81. The zero-order valence-corrected chi connectivity index (χ0v) is 14.0.